The van der Waals surface area contributed by atoms with E-state index in [1.54, 1.807) is 6.08 Å². The Morgan fingerprint density at radius 2 is 1.92 bits per heavy atom. The third kappa shape index (κ3) is 2.92. The van der Waals surface area contributed by atoms with Gasteiger partial charge in [0.25, 0.3) is 5.56 Å². The van der Waals surface area contributed by atoms with Crippen LogP contribution in [-0.4, -0.2) is 33.9 Å². The molecule has 3 N–H and O–H groups in total. The van der Waals surface area contributed by atoms with Crippen molar-refractivity contribution < 1.29 is 4.79 Å². The molecule has 0 saturated carbocycles. The van der Waals surface area contributed by atoms with Crippen LogP contribution in [-0.2, 0) is 16.6 Å². The van der Waals surface area contributed by atoms with Gasteiger partial charge >= 0.3 is 0 Å². The molecule has 0 unspecified atom stereocenters. The van der Waals surface area contributed by atoms with Crippen LogP contribution in [0.1, 0.15) is 36.1 Å². The number of carbonyl (C=O) groups excluding carboxylic acids is 1. The Balaban J connectivity index is 1.46. The van der Waals surface area contributed by atoms with Crippen LogP contribution in [0.15, 0.2) is 41.2 Å². The largest absolute Gasteiger partial charge is 0.369 e. The molecule has 2 aliphatic rings. The number of benzene rings is 1. The molecule has 1 aliphatic carbocycles. The van der Waals surface area contributed by atoms with E-state index in [0.717, 1.165) is 42.5 Å². The topological polar surface area (TPSA) is 92.1 Å². The van der Waals surface area contributed by atoms with Crippen LogP contribution < -0.4 is 11.3 Å². The summed E-state index contributed by atoms with van der Waals surface area (Å²) in [6.07, 6.45) is 6.77. The summed E-state index contributed by atoms with van der Waals surface area (Å²) in [5, 5.41) is 0. The lowest BCUT2D eigenvalue weighted by molar-refractivity contribution is -0.127. The van der Waals surface area contributed by atoms with E-state index in [4.69, 9.17) is 5.73 Å². The molecule has 26 heavy (non-hydrogen) atoms. The van der Waals surface area contributed by atoms with Crippen molar-refractivity contribution in [2.24, 2.45) is 0 Å². The Kier molecular flexibility index (Phi) is 4.11. The molecule has 1 fully saturated rings. The fourth-order valence-corrected chi connectivity index (χ4v) is 4.15. The monoisotopic (exact) mass is 350 g/mol. The van der Waals surface area contributed by atoms with Gasteiger partial charge in [0.15, 0.2) is 0 Å². The lowest BCUT2D eigenvalue weighted by Crippen LogP contribution is -2.44. The smallest absolute Gasteiger partial charge is 0.255 e. The number of nitrogens with zero attached hydrogens (tertiary/aromatic N) is 2. The van der Waals surface area contributed by atoms with Gasteiger partial charge in [0.1, 0.15) is 0 Å². The molecule has 0 radical (unpaired) electrons. The van der Waals surface area contributed by atoms with Gasteiger partial charge in [-0.25, -0.2) is 4.98 Å². The zero-order valence-electron chi connectivity index (χ0n) is 14.6. The molecule has 6 nitrogen and oxygen atoms in total. The molecule has 0 atom stereocenters. The third-order valence-electron chi connectivity index (χ3n) is 5.64. The summed E-state index contributed by atoms with van der Waals surface area (Å²) in [5.41, 5.74) is 8.15. The van der Waals surface area contributed by atoms with Gasteiger partial charge in [-0.15, -0.1) is 0 Å². The zero-order chi connectivity index (χ0) is 18.1. The summed E-state index contributed by atoms with van der Waals surface area (Å²) in [7, 11) is 0. The first-order valence-corrected chi connectivity index (χ1v) is 8.99. The number of nitrogens with one attached hydrogen (secondary N) is 1. The molecule has 2 heterocycles. The number of fused-ring (bicyclic) bond motifs is 2. The SMILES string of the molecule is Nc1nc2c(c(=O)[nH]1)CCC21CCN(C(=O)C=Cc2ccccc2)CC1. The molecule has 1 aromatic heterocycles. The summed E-state index contributed by atoms with van der Waals surface area (Å²) in [4.78, 5) is 33.5. The molecule has 6 heteroatoms. The molecule has 1 aromatic carbocycles. The average Bonchev–Trinajstić information content (AvgIpc) is 3.00. The standard InChI is InChI=1S/C20H22N4O2/c21-19-22-17-15(18(26)23-19)8-9-20(17)10-12-24(13-11-20)16(25)7-6-14-4-2-1-3-5-14/h1-7H,8-13H2,(H3,21,22,23,26). The summed E-state index contributed by atoms with van der Waals surface area (Å²) in [6, 6.07) is 9.80. The molecular formula is C20H22N4O2. The van der Waals surface area contributed by atoms with Crippen molar-refractivity contribution in [3.8, 4) is 0 Å². The van der Waals surface area contributed by atoms with Gasteiger partial charge < -0.3 is 10.6 Å². The van der Waals surface area contributed by atoms with Crippen LogP contribution in [0.2, 0.25) is 0 Å². The predicted octanol–water partition coefficient (Wildman–Crippen LogP) is 1.87. The van der Waals surface area contributed by atoms with Crippen LogP contribution >= 0.6 is 0 Å². The Labute approximate surface area is 151 Å². The second-order valence-corrected chi connectivity index (χ2v) is 7.13. The number of likely N-dealkylation sites (tertiary alicyclic amines) is 1. The number of hydrogen-bond acceptors (Lipinski definition) is 4. The predicted molar refractivity (Wildman–Crippen MR) is 101 cm³/mol. The van der Waals surface area contributed by atoms with Crippen molar-refractivity contribution >= 4 is 17.9 Å². The van der Waals surface area contributed by atoms with E-state index in [2.05, 4.69) is 9.97 Å². The first kappa shape index (κ1) is 16.6. The molecule has 1 aliphatic heterocycles. The first-order chi connectivity index (χ1) is 12.6. The van der Waals surface area contributed by atoms with E-state index in [9.17, 15) is 9.59 Å². The molecule has 2 aromatic rings. The number of H-pyrrole nitrogens is 1. The number of carbonyl (C=O) groups is 1. The highest BCUT2D eigenvalue weighted by molar-refractivity contribution is 5.91. The molecule has 4 rings (SSSR count). The van der Waals surface area contributed by atoms with Crippen molar-refractivity contribution in [3.05, 3.63) is 63.6 Å². The number of aromatic amines is 1. The minimum atomic E-state index is -0.117. The number of piperidine rings is 1. The zero-order valence-corrected chi connectivity index (χ0v) is 14.6. The minimum Gasteiger partial charge on any atom is -0.369 e. The first-order valence-electron chi connectivity index (χ1n) is 8.99. The quantitative estimate of drug-likeness (QED) is 0.809. The maximum Gasteiger partial charge on any atom is 0.255 e. The van der Waals surface area contributed by atoms with Crippen LogP contribution in [0.25, 0.3) is 6.08 Å². The Hall–Kier alpha value is -2.89. The van der Waals surface area contributed by atoms with E-state index < -0.39 is 0 Å². The van der Waals surface area contributed by atoms with Crippen molar-refractivity contribution in [1.29, 1.82) is 0 Å². The summed E-state index contributed by atoms with van der Waals surface area (Å²) in [5.74, 6) is 0.208. The van der Waals surface area contributed by atoms with Gasteiger partial charge in [0.05, 0.1) is 5.69 Å². The number of nitrogens with two attached hydrogens (primary N) is 1. The summed E-state index contributed by atoms with van der Waals surface area (Å²) in [6.45, 7) is 1.34. The maximum atomic E-state index is 12.5. The molecule has 1 spiro atoms. The van der Waals surface area contributed by atoms with Crippen LogP contribution in [0.3, 0.4) is 0 Å². The molecule has 134 valence electrons. The highest BCUT2D eigenvalue weighted by Crippen LogP contribution is 2.44. The second-order valence-electron chi connectivity index (χ2n) is 7.13. The molecule has 0 bridgehead atoms. The highest BCUT2D eigenvalue weighted by atomic mass is 16.2. The summed E-state index contributed by atoms with van der Waals surface area (Å²) < 4.78 is 0. The van der Waals surface area contributed by atoms with Crippen molar-refractivity contribution in [2.75, 3.05) is 18.8 Å². The number of anilines is 1. The maximum absolute atomic E-state index is 12.5. The van der Waals surface area contributed by atoms with E-state index in [-0.39, 0.29) is 22.8 Å². The van der Waals surface area contributed by atoms with Crippen LogP contribution in [0, 0.1) is 0 Å². The third-order valence-corrected chi connectivity index (χ3v) is 5.64. The number of rotatable bonds is 2. The average molecular weight is 350 g/mol. The number of amides is 1. The van der Waals surface area contributed by atoms with Crippen molar-refractivity contribution in [1.82, 2.24) is 14.9 Å². The van der Waals surface area contributed by atoms with E-state index in [1.165, 1.54) is 0 Å². The van der Waals surface area contributed by atoms with Crippen LogP contribution in [0.4, 0.5) is 5.95 Å². The van der Waals surface area contributed by atoms with Crippen LogP contribution in [0.5, 0.6) is 0 Å². The number of hydrogen-bond donors (Lipinski definition) is 2. The van der Waals surface area contributed by atoms with Gasteiger partial charge in [-0.3, -0.25) is 14.6 Å². The van der Waals surface area contributed by atoms with Crippen molar-refractivity contribution in [3.63, 3.8) is 0 Å². The van der Waals surface area contributed by atoms with E-state index in [1.807, 2.05) is 41.3 Å². The van der Waals surface area contributed by atoms with Gasteiger partial charge in [-0.1, -0.05) is 30.3 Å². The number of aromatic nitrogens is 2. The molecular weight excluding hydrogens is 328 g/mol. The van der Waals surface area contributed by atoms with Gasteiger partial charge in [-0.05, 0) is 37.3 Å². The molecule has 1 amide bonds. The Morgan fingerprint density at radius 3 is 2.65 bits per heavy atom. The Bertz CT molecular complexity index is 909. The van der Waals surface area contributed by atoms with E-state index >= 15 is 0 Å². The normalized spacial score (nSPS) is 18.4. The highest BCUT2D eigenvalue weighted by Gasteiger charge is 2.44. The minimum absolute atomic E-state index is 0.0281. The van der Waals surface area contributed by atoms with Gasteiger partial charge in [0, 0.05) is 30.1 Å². The van der Waals surface area contributed by atoms with Crippen molar-refractivity contribution in [2.45, 2.75) is 31.1 Å². The van der Waals surface area contributed by atoms with Gasteiger partial charge in [0.2, 0.25) is 11.9 Å². The van der Waals surface area contributed by atoms with Gasteiger partial charge in [-0.2, -0.15) is 0 Å². The molecule has 1 saturated heterocycles. The fraction of sp³-hybridized carbons (Fsp3) is 0.350. The summed E-state index contributed by atoms with van der Waals surface area (Å²) >= 11 is 0. The number of nitrogen functional groups attached to an aromatic ring is 1. The second kappa shape index (κ2) is 6.44. The van der Waals surface area contributed by atoms with E-state index in [0.29, 0.717) is 13.1 Å². The fourth-order valence-electron chi connectivity index (χ4n) is 4.15. The lowest BCUT2D eigenvalue weighted by atomic mass is 9.76. The lowest BCUT2D eigenvalue weighted by Gasteiger charge is -2.39. The Morgan fingerprint density at radius 1 is 1.19 bits per heavy atom.